The zero-order valence-electron chi connectivity index (χ0n) is 11.8. The molecule has 1 N–H and O–H groups in total. The van der Waals surface area contributed by atoms with E-state index in [1.807, 2.05) is 36.4 Å². The summed E-state index contributed by atoms with van der Waals surface area (Å²) in [7, 11) is 0. The fourth-order valence-corrected chi connectivity index (χ4v) is 3.17. The van der Waals surface area contributed by atoms with Gasteiger partial charge in [0, 0.05) is 9.86 Å². The van der Waals surface area contributed by atoms with E-state index in [1.54, 1.807) is 18.7 Å². The Morgan fingerprint density at radius 1 is 1.05 bits per heavy atom. The van der Waals surface area contributed by atoms with Gasteiger partial charge < -0.3 is 5.32 Å². The van der Waals surface area contributed by atoms with Gasteiger partial charge in [-0.1, -0.05) is 40.2 Å². The number of fused-ring (bicyclic) bond motifs is 1. The Hall–Kier alpha value is -1.88. The molecule has 2 atom stereocenters. The first-order valence-electron chi connectivity index (χ1n) is 6.81. The van der Waals surface area contributed by atoms with Crippen LogP contribution in [0.5, 0.6) is 0 Å². The molecule has 1 heterocycles. The Balaban J connectivity index is 2.21. The van der Waals surface area contributed by atoms with Crippen LogP contribution in [0.25, 0.3) is 10.8 Å². The third-order valence-corrected chi connectivity index (χ3v) is 4.53. The van der Waals surface area contributed by atoms with E-state index in [-0.39, 0.29) is 11.8 Å². The van der Waals surface area contributed by atoms with Gasteiger partial charge in [-0.25, -0.2) is 0 Å². The lowest BCUT2D eigenvalue weighted by Crippen LogP contribution is -2.61. The maximum absolute atomic E-state index is 12.5. The van der Waals surface area contributed by atoms with Crippen LogP contribution >= 0.6 is 15.9 Å². The molecule has 0 spiro atoms. The topological polar surface area (TPSA) is 49.4 Å². The molecule has 0 radical (unpaired) electrons. The van der Waals surface area contributed by atoms with Crippen molar-refractivity contribution >= 4 is 44.2 Å². The van der Waals surface area contributed by atoms with Gasteiger partial charge in [0.2, 0.25) is 11.8 Å². The van der Waals surface area contributed by atoms with Crippen LogP contribution in [-0.4, -0.2) is 23.9 Å². The van der Waals surface area contributed by atoms with E-state index in [4.69, 9.17) is 0 Å². The Morgan fingerprint density at radius 3 is 2.43 bits per heavy atom. The number of anilines is 1. The molecule has 4 nitrogen and oxygen atoms in total. The van der Waals surface area contributed by atoms with Crippen LogP contribution in [0.3, 0.4) is 0 Å². The Bertz CT molecular complexity index is 744. The minimum absolute atomic E-state index is 0.0884. The molecule has 2 aromatic carbocycles. The van der Waals surface area contributed by atoms with Crippen molar-refractivity contribution in [3.05, 3.63) is 40.9 Å². The predicted octanol–water partition coefficient (Wildman–Crippen LogP) is 2.84. The molecule has 0 saturated carbocycles. The van der Waals surface area contributed by atoms with Gasteiger partial charge in [-0.15, -0.1) is 0 Å². The molecule has 0 aromatic heterocycles. The Labute approximate surface area is 131 Å². The first-order valence-corrected chi connectivity index (χ1v) is 7.60. The maximum atomic E-state index is 12.5. The normalized spacial score (nSPS) is 22.5. The number of rotatable bonds is 1. The van der Waals surface area contributed by atoms with E-state index < -0.39 is 12.1 Å². The van der Waals surface area contributed by atoms with E-state index in [2.05, 4.69) is 21.2 Å². The summed E-state index contributed by atoms with van der Waals surface area (Å²) in [5.41, 5.74) is 0.771. The first kappa shape index (κ1) is 14.1. The predicted molar refractivity (Wildman–Crippen MR) is 86.2 cm³/mol. The lowest BCUT2D eigenvalue weighted by molar-refractivity contribution is -0.133. The van der Waals surface area contributed by atoms with Crippen molar-refractivity contribution < 1.29 is 9.59 Å². The molecule has 1 fully saturated rings. The first-order chi connectivity index (χ1) is 10.0. The molecule has 1 saturated heterocycles. The van der Waals surface area contributed by atoms with Crippen molar-refractivity contribution in [1.82, 2.24) is 5.32 Å². The third-order valence-electron chi connectivity index (χ3n) is 3.84. The van der Waals surface area contributed by atoms with E-state index in [0.717, 1.165) is 20.9 Å². The minimum Gasteiger partial charge on any atom is -0.343 e. The highest BCUT2D eigenvalue weighted by atomic mass is 79.9. The Morgan fingerprint density at radius 2 is 1.71 bits per heavy atom. The van der Waals surface area contributed by atoms with E-state index in [9.17, 15) is 9.59 Å². The standard InChI is InChI=1S/C16H15BrN2O2/c1-9-16(21)19(10(2)15(20)18-9)14-8-7-13(17)11-5-3-4-6-12(11)14/h3-10H,1-2H3,(H,18,20). The summed E-state index contributed by atoms with van der Waals surface area (Å²) in [6.45, 7) is 3.45. The summed E-state index contributed by atoms with van der Waals surface area (Å²) in [5.74, 6) is -0.219. The second kappa shape index (κ2) is 5.15. The number of nitrogens with one attached hydrogen (secondary N) is 1. The molecule has 3 rings (SSSR count). The average molecular weight is 347 g/mol. The number of nitrogens with zero attached hydrogens (tertiary/aromatic N) is 1. The molecule has 0 aliphatic carbocycles. The number of piperazine rings is 1. The van der Waals surface area contributed by atoms with Crippen LogP contribution in [0.4, 0.5) is 5.69 Å². The number of carbonyl (C=O) groups excluding carboxylic acids is 2. The van der Waals surface area contributed by atoms with Gasteiger partial charge in [-0.2, -0.15) is 0 Å². The summed E-state index contributed by atoms with van der Waals surface area (Å²) in [6, 6.07) is 10.6. The van der Waals surface area contributed by atoms with Crippen molar-refractivity contribution in [3.8, 4) is 0 Å². The molecule has 2 unspecified atom stereocenters. The highest BCUT2D eigenvalue weighted by Crippen LogP contribution is 2.34. The van der Waals surface area contributed by atoms with Gasteiger partial charge in [0.05, 0.1) is 5.69 Å². The second-order valence-electron chi connectivity index (χ2n) is 5.23. The van der Waals surface area contributed by atoms with Crippen molar-refractivity contribution in [2.24, 2.45) is 0 Å². The van der Waals surface area contributed by atoms with Crippen LogP contribution in [0.1, 0.15) is 13.8 Å². The monoisotopic (exact) mass is 346 g/mol. The summed E-state index contributed by atoms with van der Waals surface area (Å²) in [4.78, 5) is 26.1. The summed E-state index contributed by atoms with van der Waals surface area (Å²) in [6.07, 6.45) is 0. The fraction of sp³-hybridized carbons (Fsp3) is 0.250. The molecule has 108 valence electrons. The highest BCUT2D eigenvalue weighted by molar-refractivity contribution is 9.10. The third kappa shape index (κ3) is 2.21. The van der Waals surface area contributed by atoms with Crippen LogP contribution in [0.15, 0.2) is 40.9 Å². The smallest absolute Gasteiger partial charge is 0.250 e. The van der Waals surface area contributed by atoms with Gasteiger partial charge in [-0.3, -0.25) is 14.5 Å². The van der Waals surface area contributed by atoms with Crippen LogP contribution < -0.4 is 10.2 Å². The number of amides is 2. The number of halogens is 1. The van der Waals surface area contributed by atoms with Gasteiger partial charge in [0.25, 0.3) is 0 Å². The van der Waals surface area contributed by atoms with Crippen molar-refractivity contribution in [2.45, 2.75) is 25.9 Å². The van der Waals surface area contributed by atoms with Crippen LogP contribution in [0, 0.1) is 0 Å². The quantitative estimate of drug-likeness (QED) is 0.863. The van der Waals surface area contributed by atoms with E-state index in [1.165, 1.54) is 0 Å². The van der Waals surface area contributed by atoms with Gasteiger partial charge in [0.15, 0.2) is 0 Å². The number of hydrogen-bond donors (Lipinski definition) is 1. The molecule has 1 aliphatic heterocycles. The Kier molecular flexibility index (Phi) is 3.45. The molecular formula is C16H15BrN2O2. The number of hydrogen-bond acceptors (Lipinski definition) is 2. The van der Waals surface area contributed by atoms with E-state index >= 15 is 0 Å². The summed E-state index contributed by atoms with van der Waals surface area (Å²) >= 11 is 3.53. The van der Waals surface area contributed by atoms with Crippen LogP contribution in [0.2, 0.25) is 0 Å². The zero-order valence-corrected chi connectivity index (χ0v) is 13.3. The molecule has 5 heteroatoms. The summed E-state index contributed by atoms with van der Waals surface area (Å²) in [5, 5.41) is 4.67. The molecule has 2 amide bonds. The fourth-order valence-electron chi connectivity index (χ4n) is 2.70. The molecule has 1 aliphatic rings. The van der Waals surface area contributed by atoms with Gasteiger partial charge >= 0.3 is 0 Å². The van der Waals surface area contributed by atoms with Crippen LogP contribution in [-0.2, 0) is 9.59 Å². The summed E-state index contributed by atoms with van der Waals surface area (Å²) < 4.78 is 0.969. The largest absolute Gasteiger partial charge is 0.343 e. The van der Waals surface area contributed by atoms with Crippen molar-refractivity contribution in [2.75, 3.05) is 4.90 Å². The molecular weight excluding hydrogens is 332 g/mol. The lowest BCUT2D eigenvalue weighted by atomic mass is 10.0. The van der Waals surface area contributed by atoms with Gasteiger partial charge in [0.1, 0.15) is 12.1 Å². The molecule has 0 bridgehead atoms. The average Bonchev–Trinajstić information content (AvgIpc) is 2.48. The molecule has 21 heavy (non-hydrogen) atoms. The van der Waals surface area contributed by atoms with Gasteiger partial charge in [-0.05, 0) is 31.4 Å². The molecule has 2 aromatic rings. The number of carbonyl (C=O) groups is 2. The zero-order chi connectivity index (χ0) is 15.1. The second-order valence-corrected chi connectivity index (χ2v) is 6.08. The maximum Gasteiger partial charge on any atom is 0.250 e. The van der Waals surface area contributed by atoms with E-state index in [0.29, 0.717) is 0 Å². The minimum atomic E-state index is -0.515. The highest BCUT2D eigenvalue weighted by Gasteiger charge is 2.37. The van der Waals surface area contributed by atoms with Crippen molar-refractivity contribution in [3.63, 3.8) is 0 Å². The number of benzene rings is 2. The van der Waals surface area contributed by atoms with Crippen molar-refractivity contribution in [1.29, 1.82) is 0 Å². The lowest BCUT2D eigenvalue weighted by Gasteiger charge is -2.36. The SMILES string of the molecule is CC1NC(=O)C(C)N(c2ccc(Br)c3ccccc23)C1=O.